The van der Waals surface area contributed by atoms with Gasteiger partial charge in [0.2, 0.25) is 0 Å². The maximum absolute atomic E-state index is 5.65. The van der Waals surface area contributed by atoms with Crippen LogP contribution in [0, 0.1) is 0 Å². The highest BCUT2D eigenvalue weighted by Gasteiger charge is 2.05. The first-order valence-electron chi connectivity index (χ1n) is 6.51. The number of aromatic nitrogens is 1. The van der Waals surface area contributed by atoms with E-state index in [0.717, 1.165) is 28.6 Å². The largest absolute Gasteiger partial charge is 0.431 e. The molecule has 0 aliphatic heterocycles. The zero-order valence-electron chi connectivity index (χ0n) is 11.0. The number of para-hydroxylation sites is 2. The monoisotopic (exact) mass is 264 g/mol. The predicted molar refractivity (Wildman–Crippen MR) is 77.1 cm³/mol. The Kier molecular flexibility index (Phi) is 5.08. The average molecular weight is 264 g/mol. The number of benzene rings is 1. The Morgan fingerprint density at radius 3 is 3.00 bits per heavy atom. The first kappa shape index (κ1) is 13.4. The summed E-state index contributed by atoms with van der Waals surface area (Å²) in [5, 5.41) is 4.26. The van der Waals surface area contributed by atoms with E-state index in [4.69, 9.17) is 4.42 Å². The molecule has 1 aromatic carbocycles. The normalized spacial score (nSPS) is 13.0. The summed E-state index contributed by atoms with van der Waals surface area (Å²) in [6, 6.07) is 8.47. The van der Waals surface area contributed by atoms with E-state index in [1.165, 1.54) is 12.8 Å². The molecule has 0 saturated heterocycles. The van der Waals surface area contributed by atoms with Crippen LogP contribution in [0.2, 0.25) is 0 Å². The van der Waals surface area contributed by atoms with Gasteiger partial charge in [0.1, 0.15) is 5.52 Å². The topological polar surface area (TPSA) is 38.1 Å². The molecule has 1 heterocycles. The highest BCUT2D eigenvalue weighted by molar-refractivity contribution is 7.99. The van der Waals surface area contributed by atoms with E-state index in [9.17, 15) is 0 Å². The van der Waals surface area contributed by atoms with Crippen molar-refractivity contribution in [2.45, 2.75) is 38.0 Å². The molecule has 0 radical (unpaired) electrons. The van der Waals surface area contributed by atoms with Crippen LogP contribution in [0.4, 0.5) is 0 Å². The minimum atomic E-state index is 0.597. The lowest BCUT2D eigenvalue weighted by Crippen LogP contribution is -2.27. The van der Waals surface area contributed by atoms with Gasteiger partial charge >= 0.3 is 0 Å². The second kappa shape index (κ2) is 6.81. The molecule has 4 heteroatoms. The predicted octanol–water partition coefficient (Wildman–Crippen LogP) is 3.70. The number of oxazole rings is 1. The molecule has 1 unspecified atom stereocenters. The zero-order chi connectivity index (χ0) is 12.8. The number of thioether (sulfide) groups is 1. The summed E-state index contributed by atoms with van der Waals surface area (Å²) < 4.78 is 5.65. The van der Waals surface area contributed by atoms with Gasteiger partial charge in [-0.15, -0.1) is 0 Å². The lowest BCUT2D eigenvalue weighted by Gasteiger charge is -2.11. The Bertz CT molecular complexity index is 450. The quantitative estimate of drug-likeness (QED) is 0.611. The van der Waals surface area contributed by atoms with Gasteiger partial charge < -0.3 is 9.73 Å². The molecule has 0 spiro atoms. The van der Waals surface area contributed by atoms with Crippen molar-refractivity contribution >= 4 is 22.9 Å². The van der Waals surface area contributed by atoms with Crippen LogP contribution in [0.15, 0.2) is 33.9 Å². The average Bonchev–Trinajstić information content (AvgIpc) is 2.77. The van der Waals surface area contributed by atoms with Crippen LogP contribution in [0.3, 0.4) is 0 Å². The SMILES string of the molecule is CCCC(C)NCCSc1nc2ccccc2o1. The molecule has 0 bridgehead atoms. The van der Waals surface area contributed by atoms with Crippen molar-refractivity contribution in [1.29, 1.82) is 0 Å². The minimum absolute atomic E-state index is 0.597. The van der Waals surface area contributed by atoms with Crippen LogP contribution in [0.1, 0.15) is 26.7 Å². The zero-order valence-corrected chi connectivity index (χ0v) is 11.8. The summed E-state index contributed by atoms with van der Waals surface area (Å²) in [5.74, 6) is 0.987. The molecular formula is C14H20N2OS. The van der Waals surface area contributed by atoms with Gasteiger partial charge in [-0.2, -0.15) is 0 Å². The van der Waals surface area contributed by atoms with E-state index in [2.05, 4.69) is 24.1 Å². The van der Waals surface area contributed by atoms with Crippen molar-refractivity contribution in [3.8, 4) is 0 Å². The van der Waals surface area contributed by atoms with Crippen LogP contribution in [0.25, 0.3) is 11.1 Å². The summed E-state index contributed by atoms with van der Waals surface area (Å²) >= 11 is 1.67. The number of hydrogen-bond acceptors (Lipinski definition) is 4. The molecule has 0 fully saturated rings. The van der Waals surface area contributed by atoms with Gasteiger partial charge in [-0.1, -0.05) is 37.2 Å². The van der Waals surface area contributed by atoms with Crippen LogP contribution in [-0.4, -0.2) is 23.3 Å². The fourth-order valence-corrected chi connectivity index (χ4v) is 2.60. The van der Waals surface area contributed by atoms with Crippen LogP contribution >= 0.6 is 11.8 Å². The molecule has 1 N–H and O–H groups in total. The van der Waals surface area contributed by atoms with Crippen LogP contribution in [-0.2, 0) is 0 Å². The van der Waals surface area contributed by atoms with Gasteiger partial charge in [-0.05, 0) is 25.5 Å². The number of hydrogen-bond donors (Lipinski definition) is 1. The Balaban J connectivity index is 1.76. The van der Waals surface area contributed by atoms with E-state index in [1.807, 2.05) is 24.3 Å². The van der Waals surface area contributed by atoms with Gasteiger partial charge in [0.05, 0.1) is 0 Å². The molecule has 0 aliphatic carbocycles. The first-order valence-corrected chi connectivity index (χ1v) is 7.50. The van der Waals surface area contributed by atoms with Crippen molar-refractivity contribution in [2.24, 2.45) is 0 Å². The molecule has 0 aliphatic rings. The molecule has 0 saturated carbocycles. The van der Waals surface area contributed by atoms with E-state index in [0.29, 0.717) is 6.04 Å². The van der Waals surface area contributed by atoms with Gasteiger partial charge in [0.25, 0.3) is 5.22 Å². The third-order valence-corrected chi connectivity index (χ3v) is 3.65. The highest BCUT2D eigenvalue weighted by atomic mass is 32.2. The molecule has 2 rings (SSSR count). The summed E-state index contributed by atoms with van der Waals surface area (Å²) in [6.45, 7) is 5.43. The van der Waals surface area contributed by atoms with E-state index in [1.54, 1.807) is 11.8 Å². The van der Waals surface area contributed by atoms with E-state index >= 15 is 0 Å². The van der Waals surface area contributed by atoms with Gasteiger partial charge in [-0.25, -0.2) is 4.98 Å². The van der Waals surface area contributed by atoms with Gasteiger partial charge in [0, 0.05) is 18.3 Å². The highest BCUT2D eigenvalue weighted by Crippen LogP contribution is 2.22. The number of nitrogens with zero attached hydrogens (tertiary/aromatic N) is 1. The molecule has 98 valence electrons. The Labute approximate surface area is 112 Å². The first-order chi connectivity index (χ1) is 8.79. The van der Waals surface area contributed by atoms with Crippen molar-refractivity contribution < 1.29 is 4.42 Å². The van der Waals surface area contributed by atoms with Gasteiger partial charge in [0.15, 0.2) is 5.58 Å². The van der Waals surface area contributed by atoms with E-state index in [-0.39, 0.29) is 0 Å². The summed E-state index contributed by atoms with van der Waals surface area (Å²) in [7, 11) is 0. The fourth-order valence-electron chi connectivity index (χ4n) is 1.89. The maximum atomic E-state index is 5.65. The number of nitrogens with one attached hydrogen (secondary N) is 1. The summed E-state index contributed by atoms with van der Waals surface area (Å²) in [5.41, 5.74) is 1.81. The third-order valence-electron chi connectivity index (χ3n) is 2.82. The van der Waals surface area contributed by atoms with Crippen molar-refractivity contribution in [3.63, 3.8) is 0 Å². The smallest absolute Gasteiger partial charge is 0.256 e. The second-order valence-electron chi connectivity index (χ2n) is 4.44. The Morgan fingerprint density at radius 1 is 1.39 bits per heavy atom. The van der Waals surface area contributed by atoms with Crippen LogP contribution in [0.5, 0.6) is 0 Å². The molecule has 0 amide bonds. The van der Waals surface area contributed by atoms with Crippen LogP contribution < -0.4 is 5.32 Å². The third kappa shape index (κ3) is 3.75. The lowest BCUT2D eigenvalue weighted by molar-refractivity contribution is 0.488. The Hall–Kier alpha value is -1.00. The molecular weight excluding hydrogens is 244 g/mol. The Morgan fingerprint density at radius 2 is 2.22 bits per heavy atom. The van der Waals surface area contributed by atoms with Gasteiger partial charge in [-0.3, -0.25) is 0 Å². The lowest BCUT2D eigenvalue weighted by atomic mass is 10.2. The second-order valence-corrected chi connectivity index (χ2v) is 5.49. The summed E-state index contributed by atoms with van der Waals surface area (Å²) in [6.07, 6.45) is 2.46. The summed E-state index contributed by atoms with van der Waals surface area (Å²) in [4.78, 5) is 4.43. The molecule has 1 aromatic heterocycles. The molecule has 1 atom stereocenters. The fraction of sp³-hybridized carbons (Fsp3) is 0.500. The molecule has 18 heavy (non-hydrogen) atoms. The molecule has 2 aromatic rings. The van der Waals surface area contributed by atoms with Crippen molar-refractivity contribution in [2.75, 3.05) is 12.3 Å². The van der Waals surface area contributed by atoms with Crippen molar-refractivity contribution in [3.05, 3.63) is 24.3 Å². The minimum Gasteiger partial charge on any atom is -0.431 e. The number of rotatable bonds is 7. The van der Waals surface area contributed by atoms with E-state index < -0.39 is 0 Å². The molecule has 3 nitrogen and oxygen atoms in total. The standard InChI is InChI=1S/C14H20N2OS/c1-3-6-11(2)15-9-10-18-14-16-12-7-4-5-8-13(12)17-14/h4-5,7-8,11,15H,3,6,9-10H2,1-2H3. The maximum Gasteiger partial charge on any atom is 0.256 e. The van der Waals surface area contributed by atoms with Crippen molar-refractivity contribution in [1.82, 2.24) is 10.3 Å². The number of fused-ring (bicyclic) bond motifs is 1.